The van der Waals surface area contributed by atoms with Crippen LogP contribution in [-0.4, -0.2) is 27.2 Å². The van der Waals surface area contributed by atoms with E-state index in [1.807, 2.05) is 20.0 Å². The summed E-state index contributed by atoms with van der Waals surface area (Å²) in [7, 11) is 0. The van der Waals surface area contributed by atoms with Gasteiger partial charge in [-0.2, -0.15) is 5.10 Å². The average molecular weight is 287 g/mol. The van der Waals surface area contributed by atoms with E-state index in [0.29, 0.717) is 11.3 Å². The number of nitrogens with zero attached hydrogens (tertiary/aromatic N) is 3. The molecule has 0 atom stereocenters. The lowest BCUT2D eigenvalue weighted by molar-refractivity contribution is 0.102. The van der Waals surface area contributed by atoms with Gasteiger partial charge >= 0.3 is 0 Å². The number of amides is 1. The number of rotatable bonds is 6. The van der Waals surface area contributed by atoms with E-state index in [-0.39, 0.29) is 11.9 Å². The molecule has 6 heteroatoms. The van der Waals surface area contributed by atoms with Gasteiger partial charge in [-0.1, -0.05) is 6.92 Å². The minimum Gasteiger partial charge on any atom is -0.383 e. The van der Waals surface area contributed by atoms with Gasteiger partial charge in [-0.25, -0.2) is 0 Å². The molecule has 2 aromatic rings. The van der Waals surface area contributed by atoms with Gasteiger partial charge in [0.15, 0.2) is 0 Å². The average Bonchev–Trinajstić information content (AvgIpc) is 2.94. The van der Waals surface area contributed by atoms with Crippen LogP contribution < -0.4 is 10.6 Å². The van der Waals surface area contributed by atoms with Crippen LogP contribution in [0.1, 0.15) is 43.6 Å². The Morgan fingerprint density at radius 1 is 1.38 bits per heavy atom. The van der Waals surface area contributed by atoms with Gasteiger partial charge in [0.2, 0.25) is 0 Å². The van der Waals surface area contributed by atoms with Crippen molar-refractivity contribution in [3.63, 3.8) is 0 Å². The number of aromatic nitrogens is 3. The Kier molecular flexibility index (Phi) is 4.92. The van der Waals surface area contributed by atoms with E-state index in [2.05, 4.69) is 27.6 Å². The summed E-state index contributed by atoms with van der Waals surface area (Å²) in [6, 6.07) is 1.97. The molecule has 0 aliphatic heterocycles. The van der Waals surface area contributed by atoms with Crippen LogP contribution >= 0.6 is 0 Å². The van der Waals surface area contributed by atoms with Crippen LogP contribution in [0.4, 0.5) is 11.4 Å². The molecule has 21 heavy (non-hydrogen) atoms. The first-order valence-corrected chi connectivity index (χ1v) is 7.15. The molecule has 0 bridgehead atoms. The molecule has 0 aliphatic carbocycles. The summed E-state index contributed by atoms with van der Waals surface area (Å²) < 4.78 is 1.80. The van der Waals surface area contributed by atoms with Gasteiger partial charge in [0.05, 0.1) is 29.3 Å². The third-order valence-electron chi connectivity index (χ3n) is 3.02. The minimum absolute atomic E-state index is 0.167. The second-order valence-electron chi connectivity index (χ2n) is 5.10. The number of carbonyl (C=O) groups is 1. The molecule has 2 rings (SSSR count). The van der Waals surface area contributed by atoms with Crippen LogP contribution in [0, 0.1) is 0 Å². The quantitative estimate of drug-likeness (QED) is 0.857. The van der Waals surface area contributed by atoms with Crippen molar-refractivity contribution in [2.45, 2.75) is 33.2 Å². The second-order valence-corrected chi connectivity index (χ2v) is 5.10. The topological polar surface area (TPSA) is 71.8 Å². The predicted octanol–water partition coefficient (Wildman–Crippen LogP) is 2.93. The molecule has 0 aliphatic rings. The maximum atomic E-state index is 12.4. The smallest absolute Gasteiger partial charge is 0.257 e. The molecule has 0 saturated heterocycles. The van der Waals surface area contributed by atoms with Gasteiger partial charge in [-0.05, 0) is 26.3 Å². The lowest BCUT2D eigenvalue weighted by Gasteiger charge is -2.10. The van der Waals surface area contributed by atoms with E-state index in [4.69, 9.17) is 0 Å². The Labute approximate surface area is 124 Å². The molecule has 0 fully saturated rings. The van der Waals surface area contributed by atoms with Crippen molar-refractivity contribution >= 4 is 17.3 Å². The molecule has 112 valence electrons. The molecule has 1 amide bonds. The normalized spacial score (nSPS) is 10.7. The number of hydrogen-bond acceptors (Lipinski definition) is 4. The summed E-state index contributed by atoms with van der Waals surface area (Å²) in [4.78, 5) is 16.4. The summed E-state index contributed by atoms with van der Waals surface area (Å²) >= 11 is 0. The molecule has 0 aromatic carbocycles. The fourth-order valence-electron chi connectivity index (χ4n) is 1.88. The van der Waals surface area contributed by atoms with Gasteiger partial charge in [-0.3, -0.25) is 14.5 Å². The highest BCUT2D eigenvalue weighted by atomic mass is 16.1. The number of pyridine rings is 1. The van der Waals surface area contributed by atoms with Crippen molar-refractivity contribution < 1.29 is 4.79 Å². The van der Waals surface area contributed by atoms with E-state index in [9.17, 15) is 4.79 Å². The Hall–Kier alpha value is -2.37. The SMILES string of the molecule is CCCNc1cnccc1C(=O)Nc1cnn(C(C)C)c1. The lowest BCUT2D eigenvalue weighted by atomic mass is 10.2. The molecule has 0 spiro atoms. The van der Waals surface area contributed by atoms with Gasteiger partial charge < -0.3 is 10.6 Å². The largest absolute Gasteiger partial charge is 0.383 e. The molecule has 0 unspecified atom stereocenters. The highest BCUT2D eigenvalue weighted by Gasteiger charge is 2.12. The summed E-state index contributed by atoms with van der Waals surface area (Å²) in [6.07, 6.45) is 7.74. The Morgan fingerprint density at radius 3 is 2.86 bits per heavy atom. The van der Waals surface area contributed by atoms with Crippen molar-refractivity contribution in [3.8, 4) is 0 Å². The van der Waals surface area contributed by atoms with Crippen LogP contribution in [0.2, 0.25) is 0 Å². The highest BCUT2D eigenvalue weighted by molar-refractivity contribution is 6.07. The maximum Gasteiger partial charge on any atom is 0.257 e. The lowest BCUT2D eigenvalue weighted by Crippen LogP contribution is -2.15. The Morgan fingerprint density at radius 2 is 2.19 bits per heavy atom. The second kappa shape index (κ2) is 6.88. The monoisotopic (exact) mass is 287 g/mol. The summed E-state index contributed by atoms with van der Waals surface area (Å²) in [5.74, 6) is -0.167. The van der Waals surface area contributed by atoms with E-state index in [1.54, 1.807) is 29.3 Å². The fraction of sp³-hybridized carbons (Fsp3) is 0.400. The zero-order valence-corrected chi connectivity index (χ0v) is 12.6. The minimum atomic E-state index is -0.167. The number of nitrogens with one attached hydrogen (secondary N) is 2. The van der Waals surface area contributed by atoms with Crippen molar-refractivity contribution in [2.24, 2.45) is 0 Å². The highest BCUT2D eigenvalue weighted by Crippen LogP contribution is 2.16. The first kappa shape index (κ1) is 15.0. The van der Waals surface area contributed by atoms with Crippen LogP contribution in [0.15, 0.2) is 30.9 Å². The van der Waals surface area contributed by atoms with E-state index < -0.39 is 0 Å². The first-order valence-electron chi connectivity index (χ1n) is 7.15. The van der Waals surface area contributed by atoms with Crippen LogP contribution in [0.3, 0.4) is 0 Å². The van der Waals surface area contributed by atoms with Crippen molar-refractivity contribution in [1.82, 2.24) is 14.8 Å². The predicted molar refractivity (Wildman–Crippen MR) is 83.6 cm³/mol. The van der Waals surface area contributed by atoms with Crippen LogP contribution in [0.5, 0.6) is 0 Å². The number of carbonyl (C=O) groups excluding carboxylic acids is 1. The zero-order chi connectivity index (χ0) is 15.2. The Balaban J connectivity index is 2.12. The molecule has 2 heterocycles. The zero-order valence-electron chi connectivity index (χ0n) is 12.6. The first-order chi connectivity index (χ1) is 10.1. The van der Waals surface area contributed by atoms with E-state index in [1.165, 1.54) is 0 Å². The van der Waals surface area contributed by atoms with E-state index >= 15 is 0 Å². The summed E-state index contributed by atoms with van der Waals surface area (Å²) in [5.41, 5.74) is 2.01. The number of hydrogen-bond donors (Lipinski definition) is 2. The van der Waals surface area contributed by atoms with Crippen molar-refractivity contribution in [2.75, 3.05) is 17.2 Å². The van der Waals surface area contributed by atoms with Gasteiger partial charge in [0.1, 0.15) is 0 Å². The Bertz CT molecular complexity index is 606. The summed E-state index contributed by atoms with van der Waals surface area (Å²) in [6.45, 7) is 6.95. The summed E-state index contributed by atoms with van der Waals surface area (Å²) in [5, 5.41) is 10.3. The molecule has 2 aromatic heterocycles. The maximum absolute atomic E-state index is 12.4. The van der Waals surface area contributed by atoms with E-state index in [0.717, 1.165) is 18.7 Å². The molecular formula is C15H21N5O. The third-order valence-corrected chi connectivity index (χ3v) is 3.02. The van der Waals surface area contributed by atoms with Crippen LogP contribution in [0.25, 0.3) is 0 Å². The molecule has 6 nitrogen and oxygen atoms in total. The molecule has 2 N–H and O–H groups in total. The van der Waals surface area contributed by atoms with Crippen LogP contribution in [-0.2, 0) is 0 Å². The molecule has 0 radical (unpaired) electrons. The van der Waals surface area contributed by atoms with Gasteiger partial charge in [0.25, 0.3) is 5.91 Å². The van der Waals surface area contributed by atoms with Gasteiger partial charge in [0, 0.05) is 25.0 Å². The third kappa shape index (κ3) is 3.81. The van der Waals surface area contributed by atoms with Gasteiger partial charge in [-0.15, -0.1) is 0 Å². The number of anilines is 2. The standard InChI is InChI=1S/C15H21N5O/c1-4-6-17-14-9-16-7-5-13(14)15(21)19-12-8-18-20(10-12)11(2)3/h5,7-11,17H,4,6H2,1-3H3,(H,19,21). The fourth-order valence-corrected chi connectivity index (χ4v) is 1.88. The molecular weight excluding hydrogens is 266 g/mol. The van der Waals surface area contributed by atoms with Crippen molar-refractivity contribution in [3.05, 3.63) is 36.4 Å². The van der Waals surface area contributed by atoms with Crippen molar-refractivity contribution in [1.29, 1.82) is 0 Å². The molecule has 0 saturated carbocycles.